The molecule has 1 unspecified atom stereocenters. The Hall–Kier alpha value is -1.26. The summed E-state index contributed by atoms with van der Waals surface area (Å²) in [5.74, 6) is 0. The highest BCUT2D eigenvalue weighted by molar-refractivity contribution is 6.30. The first-order valence-corrected chi connectivity index (χ1v) is 8.48. The van der Waals surface area contributed by atoms with Crippen LogP contribution in [0.5, 0.6) is 0 Å². The van der Waals surface area contributed by atoms with Crippen molar-refractivity contribution >= 4 is 17.6 Å². The quantitative estimate of drug-likeness (QED) is 0.872. The van der Waals surface area contributed by atoms with E-state index in [-0.39, 0.29) is 18.1 Å². The summed E-state index contributed by atoms with van der Waals surface area (Å²) >= 11 is 5.91. The SMILES string of the molecule is CCC(C)NC(=O)NC1CCN(Cc2ccc(Cl)cc2)CC1. The van der Waals surface area contributed by atoms with E-state index in [1.165, 1.54) is 5.56 Å². The molecule has 1 aromatic carbocycles. The van der Waals surface area contributed by atoms with Crippen LogP contribution in [0.3, 0.4) is 0 Å². The summed E-state index contributed by atoms with van der Waals surface area (Å²) in [6, 6.07) is 8.49. The van der Waals surface area contributed by atoms with Gasteiger partial charge in [-0.05, 0) is 43.9 Å². The molecule has 2 rings (SSSR count). The van der Waals surface area contributed by atoms with Gasteiger partial charge < -0.3 is 10.6 Å². The highest BCUT2D eigenvalue weighted by Crippen LogP contribution is 2.15. The highest BCUT2D eigenvalue weighted by atomic mass is 35.5. The van der Waals surface area contributed by atoms with Crippen molar-refractivity contribution in [3.8, 4) is 0 Å². The Bertz CT molecular complexity index is 469. The third-order valence-corrected chi connectivity index (χ3v) is 4.48. The molecule has 0 aliphatic carbocycles. The molecule has 0 spiro atoms. The zero-order valence-corrected chi connectivity index (χ0v) is 14.2. The zero-order valence-electron chi connectivity index (χ0n) is 13.4. The maximum absolute atomic E-state index is 11.8. The molecule has 0 aromatic heterocycles. The Labute approximate surface area is 138 Å². The topological polar surface area (TPSA) is 44.4 Å². The number of carbonyl (C=O) groups is 1. The maximum atomic E-state index is 11.8. The van der Waals surface area contributed by atoms with Gasteiger partial charge in [0.05, 0.1) is 0 Å². The van der Waals surface area contributed by atoms with E-state index >= 15 is 0 Å². The molecule has 1 heterocycles. The number of halogens is 1. The molecule has 5 heteroatoms. The number of hydrogen-bond donors (Lipinski definition) is 2. The smallest absolute Gasteiger partial charge is 0.315 e. The maximum Gasteiger partial charge on any atom is 0.315 e. The molecule has 1 aliphatic rings. The van der Waals surface area contributed by atoms with Gasteiger partial charge in [0.25, 0.3) is 0 Å². The minimum Gasteiger partial charge on any atom is -0.336 e. The van der Waals surface area contributed by atoms with Gasteiger partial charge in [-0.2, -0.15) is 0 Å². The Balaban J connectivity index is 1.71. The van der Waals surface area contributed by atoms with Crippen LogP contribution in [0.1, 0.15) is 38.7 Å². The number of piperidine rings is 1. The van der Waals surface area contributed by atoms with E-state index in [1.807, 2.05) is 19.1 Å². The van der Waals surface area contributed by atoms with Gasteiger partial charge in [0.2, 0.25) is 0 Å². The Morgan fingerprint density at radius 1 is 1.32 bits per heavy atom. The molecule has 0 saturated carbocycles. The van der Waals surface area contributed by atoms with Gasteiger partial charge in [0, 0.05) is 36.7 Å². The van der Waals surface area contributed by atoms with E-state index in [0.29, 0.717) is 0 Å². The average molecular weight is 324 g/mol. The monoisotopic (exact) mass is 323 g/mol. The van der Waals surface area contributed by atoms with Crippen LogP contribution in [0, 0.1) is 0 Å². The molecular weight excluding hydrogens is 298 g/mol. The second kappa shape index (κ2) is 8.39. The molecule has 4 nitrogen and oxygen atoms in total. The molecule has 1 aliphatic heterocycles. The van der Waals surface area contributed by atoms with Gasteiger partial charge in [0.15, 0.2) is 0 Å². The predicted molar refractivity (Wildman–Crippen MR) is 91.2 cm³/mol. The number of amides is 2. The fourth-order valence-electron chi connectivity index (χ4n) is 2.64. The van der Waals surface area contributed by atoms with Crippen molar-refractivity contribution < 1.29 is 4.79 Å². The number of rotatable bonds is 5. The minimum atomic E-state index is -0.0366. The molecular formula is C17H26ClN3O. The lowest BCUT2D eigenvalue weighted by atomic mass is 10.0. The molecule has 1 aromatic rings. The number of nitrogens with zero attached hydrogens (tertiary/aromatic N) is 1. The third-order valence-electron chi connectivity index (χ3n) is 4.23. The van der Waals surface area contributed by atoms with E-state index in [1.54, 1.807) is 0 Å². The van der Waals surface area contributed by atoms with Crippen LogP contribution in [-0.4, -0.2) is 36.1 Å². The first-order valence-electron chi connectivity index (χ1n) is 8.10. The first kappa shape index (κ1) is 17.1. The van der Waals surface area contributed by atoms with Crippen molar-refractivity contribution in [1.29, 1.82) is 0 Å². The van der Waals surface area contributed by atoms with Crippen LogP contribution in [0.25, 0.3) is 0 Å². The fraction of sp³-hybridized carbons (Fsp3) is 0.588. The summed E-state index contributed by atoms with van der Waals surface area (Å²) in [5, 5.41) is 6.82. The average Bonchev–Trinajstić information content (AvgIpc) is 2.51. The van der Waals surface area contributed by atoms with Crippen molar-refractivity contribution in [2.75, 3.05) is 13.1 Å². The van der Waals surface area contributed by atoms with Crippen LogP contribution in [0.15, 0.2) is 24.3 Å². The van der Waals surface area contributed by atoms with Crippen LogP contribution >= 0.6 is 11.6 Å². The van der Waals surface area contributed by atoms with Gasteiger partial charge in [-0.3, -0.25) is 4.90 Å². The van der Waals surface area contributed by atoms with E-state index in [0.717, 1.165) is 43.9 Å². The third kappa shape index (κ3) is 5.50. The Kier molecular flexibility index (Phi) is 6.52. The zero-order chi connectivity index (χ0) is 15.9. The van der Waals surface area contributed by atoms with Gasteiger partial charge in [-0.1, -0.05) is 30.7 Å². The summed E-state index contributed by atoms with van der Waals surface area (Å²) < 4.78 is 0. The molecule has 0 bridgehead atoms. The second-order valence-electron chi connectivity index (χ2n) is 6.10. The van der Waals surface area contributed by atoms with Crippen LogP contribution < -0.4 is 10.6 Å². The van der Waals surface area contributed by atoms with Gasteiger partial charge >= 0.3 is 6.03 Å². The number of nitrogens with one attached hydrogen (secondary N) is 2. The molecule has 1 saturated heterocycles. The number of hydrogen-bond acceptors (Lipinski definition) is 2. The standard InChI is InChI=1S/C17H26ClN3O/c1-3-13(2)19-17(22)20-16-8-10-21(11-9-16)12-14-4-6-15(18)7-5-14/h4-7,13,16H,3,8-12H2,1-2H3,(H2,19,20,22). The molecule has 1 atom stereocenters. The summed E-state index contributed by atoms with van der Waals surface area (Å²) in [5.41, 5.74) is 1.28. The Morgan fingerprint density at radius 3 is 2.55 bits per heavy atom. The summed E-state index contributed by atoms with van der Waals surface area (Å²) in [6.07, 6.45) is 2.95. The van der Waals surface area contributed by atoms with Crippen molar-refractivity contribution in [2.24, 2.45) is 0 Å². The normalized spacial score (nSPS) is 18.0. The molecule has 2 N–H and O–H groups in total. The molecule has 22 heavy (non-hydrogen) atoms. The summed E-state index contributed by atoms with van der Waals surface area (Å²) in [4.78, 5) is 14.3. The lowest BCUT2D eigenvalue weighted by molar-refractivity contribution is 0.185. The van der Waals surface area contributed by atoms with Gasteiger partial charge in [-0.15, -0.1) is 0 Å². The highest BCUT2D eigenvalue weighted by Gasteiger charge is 2.20. The Morgan fingerprint density at radius 2 is 1.95 bits per heavy atom. The number of urea groups is 1. The molecule has 1 fully saturated rings. The number of benzene rings is 1. The van der Waals surface area contributed by atoms with Gasteiger partial charge in [-0.25, -0.2) is 4.79 Å². The van der Waals surface area contributed by atoms with Crippen LogP contribution in [-0.2, 0) is 6.54 Å². The van der Waals surface area contributed by atoms with Crippen LogP contribution in [0.2, 0.25) is 5.02 Å². The fourth-order valence-corrected chi connectivity index (χ4v) is 2.76. The minimum absolute atomic E-state index is 0.0366. The van der Waals surface area contributed by atoms with Crippen molar-refractivity contribution in [3.63, 3.8) is 0 Å². The van der Waals surface area contributed by atoms with Gasteiger partial charge in [0.1, 0.15) is 0 Å². The van der Waals surface area contributed by atoms with Crippen molar-refractivity contribution in [3.05, 3.63) is 34.9 Å². The second-order valence-corrected chi connectivity index (χ2v) is 6.54. The van der Waals surface area contributed by atoms with E-state index in [4.69, 9.17) is 11.6 Å². The first-order chi connectivity index (χ1) is 10.6. The van der Waals surface area contributed by atoms with E-state index in [2.05, 4.69) is 34.6 Å². The summed E-state index contributed by atoms with van der Waals surface area (Å²) in [6.45, 7) is 7.06. The molecule has 0 radical (unpaired) electrons. The predicted octanol–water partition coefficient (Wildman–Crippen LogP) is 3.40. The summed E-state index contributed by atoms with van der Waals surface area (Å²) in [7, 11) is 0. The van der Waals surface area contributed by atoms with E-state index in [9.17, 15) is 4.79 Å². The largest absolute Gasteiger partial charge is 0.336 e. The van der Waals surface area contributed by atoms with Crippen molar-refractivity contribution in [2.45, 2.75) is 51.7 Å². The van der Waals surface area contributed by atoms with Crippen LogP contribution in [0.4, 0.5) is 4.79 Å². The van der Waals surface area contributed by atoms with E-state index < -0.39 is 0 Å². The molecule has 122 valence electrons. The number of carbonyl (C=O) groups excluding carboxylic acids is 1. The number of likely N-dealkylation sites (tertiary alicyclic amines) is 1. The lowest BCUT2D eigenvalue weighted by Crippen LogP contribution is -2.49. The lowest BCUT2D eigenvalue weighted by Gasteiger charge is -2.32. The molecule has 2 amide bonds. The van der Waals surface area contributed by atoms with Crippen molar-refractivity contribution in [1.82, 2.24) is 15.5 Å².